The van der Waals surface area contributed by atoms with Crippen molar-refractivity contribution in [1.29, 1.82) is 0 Å². The molecule has 0 radical (unpaired) electrons. The number of methoxy groups -OCH3 is 2. The Morgan fingerprint density at radius 2 is 1.55 bits per heavy atom. The van der Waals surface area contributed by atoms with Crippen LogP contribution in [0.2, 0.25) is 0 Å². The molecule has 1 N–H and O–H groups in total. The van der Waals surface area contributed by atoms with Gasteiger partial charge in [0, 0.05) is 18.7 Å². The zero-order chi connectivity index (χ0) is 31.0. The Hall–Kier alpha value is -4.12. The molecular weight excluding hydrogens is 561 g/mol. The van der Waals surface area contributed by atoms with E-state index in [4.69, 9.17) is 9.47 Å². The van der Waals surface area contributed by atoms with Crippen LogP contribution >= 0.6 is 0 Å². The van der Waals surface area contributed by atoms with Crippen LogP contribution in [0, 0.1) is 12.7 Å². The van der Waals surface area contributed by atoms with Crippen LogP contribution in [0.5, 0.6) is 11.5 Å². The third-order valence-corrected chi connectivity index (χ3v) is 8.77. The molecule has 0 heterocycles. The molecule has 0 fully saturated rings. The maximum Gasteiger partial charge on any atom is 0.264 e. The van der Waals surface area contributed by atoms with Crippen molar-refractivity contribution in [3.8, 4) is 11.5 Å². The van der Waals surface area contributed by atoms with Gasteiger partial charge in [0.15, 0.2) is 11.5 Å². The summed E-state index contributed by atoms with van der Waals surface area (Å²) in [5, 5.41) is 2.88. The molecular formula is C31H38FN3O6S. The first-order valence-electron chi connectivity index (χ1n) is 13.6. The first-order chi connectivity index (χ1) is 19.9. The van der Waals surface area contributed by atoms with E-state index in [2.05, 4.69) is 5.32 Å². The van der Waals surface area contributed by atoms with Gasteiger partial charge < -0.3 is 19.7 Å². The Bertz CT molecular complexity index is 1480. The summed E-state index contributed by atoms with van der Waals surface area (Å²) in [7, 11) is -1.37. The van der Waals surface area contributed by atoms with E-state index in [0.29, 0.717) is 17.7 Å². The molecule has 0 spiro atoms. The number of nitrogens with one attached hydrogen (secondary N) is 1. The smallest absolute Gasteiger partial charge is 0.264 e. The Balaban J connectivity index is 2.08. The lowest BCUT2D eigenvalue weighted by atomic mass is 10.1. The minimum Gasteiger partial charge on any atom is -0.493 e. The highest BCUT2D eigenvalue weighted by molar-refractivity contribution is 7.92. The fourth-order valence-electron chi connectivity index (χ4n) is 4.18. The number of nitrogens with zero attached hydrogens (tertiary/aromatic N) is 2. The van der Waals surface area contributed by atoms with E-state index in [1.165, 1.54) is 67.7 Å². The van der Waals surface area contributed by atoms with Crippen LogP contribution in [0.3, 0.4) is 0 Å². The summed E-state index contributed by atoms with van der Waals surface area (Å²) in [5.41, 5.74) is 1.61. The Morgan fingerprint density at radius 3 is 2.12 bits per heavy atom. The molecule has 0 aliphatic heterocycles. The van der Waals surface area contributed by atoms with Crippen molar-refractivity contribution in [3.05, 3.63) is 83.7 Å². The molecule has 3 rings (SSSR count). The number of hydrogen-bond donors (Lipinski definition) is 1. The lowest BCUT2D eigenvalue weighted by Crippen LogP contribution is -2.52. The monoisotopic (exact) mass is 599 g/mol. The number of anilines is 1. The number of carbonyl (C=O) groups is 2. The van der Waals surface area contributed by atoms with Gasteiger partial charge in [-0.2, -0.15) is 0 Å². The van der Waals surface area contributed by atoms with Crippen molar-refractivity contribution in [2.75, 3.05) is 25.1 Å². The molecule has 0 aliphatic carbocycles. The summed E-state index contributed by atoms with van der Waals surface area (Å²) < 4.78 is 53.3. The maximum atomic E-state index is 14.0. The average molecular weight is 600 g/mol. The first kappa shape index (κ1) is 32.4. The molecule has 3 aromatic rings. The SMILES string of the molecule is CC[C@H](C)NC(=O)[C@@H](C)N(Cc1ccc(F)cc1)C(=O)CN(c1ccc(OC)c(OC)c1)S(=O)(=O)c1ccc(C)cc1. The lowest BCUT2D eigenvalue weighted by Gasteiger charge is -2.32. The van der Waals surface area contributed by atoms with Gasteiger partial charge in [-0.3, -0.25) is 13.9 Å². The molecule has 42 heavy (non-hydrogen) atoms. The quantitative estimate of drug-likeness (QED) is 0.306. The normalized spacial score (nSPS) is 12.6. The van der Waals surface area contributed by atoms with E-state index in [-0.39, 0.29) is 34.8 Å². The van der Waals surface area contributed by atoms with E-state index in [1.807, 2.05) is 20.8 Å². The van der Waals surface area contributed by atoms with Crippen molar-refractivity contribution < 1.29 is 31.9 Å². The van der Waals surface area contributed by atoms with Gasteiger partial charge in [0.05, 0.1) is 24.8 Å². The number of sulfonamides is 1. The van der Waals surface area contributed by atoms with E-state index >= 15 is 0 Å². The minimum absolute atomic E-state index is 0.0108. The molecule has 0 bridgehead atoms. The number of hydrogen-bond acceptors (Lipinski definition) is 6. The molecule has 2 amide bonds. The summed E-state index contributed by atoms with van der Waals surface area (Å²) >= 11 is 0. The van der Waals surface area contributed by atoms with E-state index in [9.17, 15) is 22.4 Å². The highest BCUT2D eigenvalue weighted by Crippen LogP contribution is 2.34. The third kappa shape index (κ3) is 7.79. The number of rotatable bonds is 13. The van der Waals surface area contributed by atoms with Crippen LogP contribution in [0.15, 0.2) is 71.6 Å². The van der Waals surface area contributed by atoms with Crippen LogP contribution in [-0.2, 0) is 26.2 Å². The number of benzene rings is 3. The molecule has 226 valence electrons. The second-order valence-corrected chi connectivity index (χ2v) is 11.9. The van der Waals surface area contributed by atoms with Crippen molar-refractivity contribution in [2.24, 2.45) is 0 Å². The average Bonchev–Trinajstić information content (AvgIpc) is 2.98. The highest BCUT2D eigenvalue weighted by Gasteiger charge is 2.33. The van der Waals surface area contributed by atoms with Crippen molar-refractivity contribution in [1.82, 2.24) is 10.2 Å². The van der Waals surface area contributed by atoms with E-state index < -0.39 is 34.3 Å². The summed E-state index contributed by atoms with van der Waals surface area (Å²) in [6.07, 6.45) is 0.687. The lowest BCUT2D eigenvalue weighted by molar-refractivity contribution is -0.139. The Morgan fingerprint density at radius 1 is 0.929 bits per heavy atom. The molecule has 3 aromatic carbocycles. The predicted molar refractivity (Wildman–Crippen MR) is 160 cm³/mol. The number of halogens is 1. The topological polar surface area (TPSA) is 105 Å². The fourth-order valence-corrected chi connectivity index (χ4v) is 5.59. The van der Waals surface area contributed by atoms with Gasteiger partial charge >= 0.3 is 0 Å². The van der Waals surface area contributed by atoms with Crippen LogP contribution in [0.4, 0.5) is 10.1 Å². The standard InChI is InChI=1S/C31H38FN3O6S/c1-7-22(3)33-31(37)23(4)34(19-24-10-12-25(32)13-11-24)30(36)20-35(26-14-17-28(40-5)29(18-26)41-6)42(38,39)27-15-8-21(2)9-16-27/h8-18,22-23H,7,19-20H2,1-6H3,(H,33,37)/t22-,23+/m0/s1. The summed E-state index contributed by atoms with van der Waals surface area (Å²) in [4.78, 5) is 28.4. The molecule has 0 saturated carbocycles. The van der Waals surface area contributed by atoms with Crippen LogP contribution < -0.4 is 19.1 Å². The van der Waals surface area contributed by atoms with E-state index in [0.717, 1.165) is 9.87 Å². The molecule has 0 unspecified atom stereocenters. The maximum absolute atomic E-state index is 14.0. The summed E-state index contributed by atoms with van der Waals surface area (Å²) in [6.45, 7) is 6.53. The van der Waals surface area contributed by atoms with Crippen molar-refractivity contribution in [3.63, 3.8) is 0 Å². The molecule has 0 aliphatic rings. The summed E-state index contributed by atoms with van der Waals surface area (Å²) in [6, 6.07) is 15.3. The van der Waals surface area contributed by atoms with Gasteiger partial charge in [-0.05, 0) is 69.2 Å². The largest absolute Gasteiger partial charge is 0.493 e. The predicted octanol–water partition coefficient (Wildman–Crippen LogP) is 4.68. The molecule has 11 heteroatoms. The van der Waals surface area contributed by atoms with Crippen LogP contribution in [-0.4, -0.2) is 58.0 Å². The third-order valence-electron chi connectivity index (χ3n) is 6.98. The Labute approximate surface area is 247 Å². The zero-order valence-corrected chi connectivity index (χ0v) is 25.6. The highest BCUT2D eigenvalue weighted by atomic mass is 32.2. The number of aryl methyl sites for hydroxylation is 1. The molecule has 0 aromatic heterocycles. The zero-order valence-electron chi connectivity index (χ0n) is 24.8. The number of ether oxygens (including phenoxy) is 2. The van der Waals surface area contributed by atoms with Gasteiger partial charge in [-0.15, -0.1) is 0 Å². The second kappa shape index (κ2) is 14.2. The molecule has 2 atom stereocenters. The first-order valence-corrected chi connectivity index (χ1v) is 15.0. The van der Waals surface area contributed by atoms with Gasteiger partial charge in [0.1, 0.15) is 18.4 Å². The minimum atomic E-state index is -4.25. The van der Waals surface area contributed by atoms with Gasteiger partial charge in [0.2, 0.25) is 11.8 Å². The molecule has 0 saturated heterocycles. The van der Waals surface area contributed by atoms with Gasteiger partial charge in [-0.1, -0.05) is 36.8 Å². The number of carbonyl (C=O) groups excluding carboxylic acids is 2. The van der Waals surface area contributed by atoms with Gasteiger partial charge in [-0.25, -0.2) is 12.8 Å². The van der Waals surface area contributed by atoms with Crippen molar-refractivity contribution >= 4 is 27.5 Å². The molecule has 9 nitrogen and oxygen atoms in total. The second-order valence-electron chi connectivity index (χ2n) is 10.0. The van der Waals surface area contributed by atoms with Crippen molar-refractivity contribution in [2.45, 2.75) is 57.6 Å². The summed E-state index contributed by atoms with van der Waals surface area (Å²) in [5.74, 6) is -0.803. The van der Waals surface area contributed by atoms with E-state index in [1.54, 1.807) is 25.1 Å². The number of amides is 2. The fraction of sp³-hybridized carbons (Fsp3) is 0.355. The van der Waals surface area contributed by atoms with Crippen LogP contribution in [0.1, 0.15) is 38.3 Å². The van der Waals surface area contributed by atoms with Gasteiger partial charge in [0.25, 0.3) is 10.0 Å². The van der Waals surface area contributed by atoms with Crippen LogP contribution in [0.25, 0.3) is 0 Å². The Kier molecular flexibility index (Phi) is 10.9.